The molecule has 0 aliphatic rings. The first-order valence-corrected chi connectivity index (χ1v) is 11.4. The summed E-state index contributed by atoms with van der Waals surface area (Å²) in [5.41, 5.74) is 21.6. The van der Waals surface area contributed by atoms with Gasteiger partial charge in [0.1, 0.15) is 18.1 Å². The number of nitrogens with one attached hydrogen (secondary N) is 3. The molecular formula is C20H36N8O9. The van der Waals surface area contributed by atoms with Crippen LogP contribution in [-0.4, -0.2) is 94.2 Å². The summed E-state index contributed by atoms with van der Waals surface area (Å²) in [5.74, 6) is -7.53. The highest BCUT2D eigenvalue weighted by Gasteiger charge is 2.31. The maximum absolute atomic E-state index is 12.8. The number of aliphatic imine (C=N–C) groups is 1. The van der Waals surface area contributed by atoms with Gasteiger partial charge in [0.15, 0.2) is 5.96 Å². The van der Waals surface area contributed by atoms with Gasteiger partial charge in [-0.2, -0.15) is 0 Å². The molecule has 0 spiro atoms. The van der Waals surface area contributed by atoms with Gasteiger partial charge in [-0.25, -0.2) is 4.79 Å². The average Bonchev–Trinajstić information content (AvgIpc) is 2.79. The third kappa shape index (κ3) is 14.9. The summed E-state index contributed by atoms with van der Waals surface area (Å²) >= 11 is 0. The molecular weight excluding hydrogens is 496 g/mol. The second-order valence-electron chi connectivity index (χ2n) is 8.06. The van der Waals surface area contributed by atoms with E-state index in [-0.39, 0.29) is 31.9 Å². The van der Waals surface area contributed by atoms with Crippen LogP contribution in [0, 0.1) is 0 Å². The second kappa shape index (κ2) is 17.4. The lowest BCUT2D eigenvalue weighted by Crippen LogP contribution is -2.57. The zero-order valence-corrected chi connectivity index (χ0v) is 20.2. The predicted octanol–water partition coefficient (Wildman–Crippen LogP) is -4.02. The molecule has 37 heavy (non-hydrogen) atoms. The quantitative estimate of drug-likeness (QED) is 0.0431. The largest absolute Gasteiger partial charge is 0.481 e. The van der Waals surface area contributed by atoms with E-state index in [1.54, 1.807) is 0 Å². The Balaban J connectivity index is 5.47. The van der Waals surface area contributed by atoms with E-state index in [2.05, 4.69) is 15.6 Å². The Morgan fingerprint density at radius 1 is 0.703 bits per heavy atom. The Morgan fingerprint density at radius 3 is 1.73 bits per heavy atom. The van der Waals surface area contributed by atoms with Crippen molar-refractivity contribution in [3.05, 3.63) is 0 Å². The lowest BCUT2D eigenvalue weighted by molar-refractivity contribution is -0.147. The first-order valence-electron chi connectivity index (χ1n) is 11.4. The summed E-state index contributed by atoms with van der Waals surface area (Å²) < 4.78 is 0. The minimum absolute atomic E-state index is 0.0216. The van der Waals surface area contributed by atoms with Gasteiger partial charge in [-0.1, -0.05) is 0 Å². The number of guanidine groups is 1. The summed E-state index contributed by atoms with van der Waals surface area (Å²) in [4.78, 5) is 75.1. The Morgan fingerprint density at radius 2 is 1.22 bits per heavy atom. The summed E-state index contributed by atoms with van der Waals surface area (Å²) in [7, 11) is 0. The smallest absolute Gasteiger partial charge is 0.326 e. The van der Waals surface area contributed by atoms with Crippen LogP contribution in [-0.2, 0) is 28.8 Å². The first kappa shape index (κ1) is 33.0. The molecule has 0 saturated heterocycles. The number of hydrogen-bond acceptors (Lipinski definition) is 9. The first-order chi connectivity index (χ1) is 17.3. The molecule has 0 aliphatic heterocycles. The topological polar surface area (TPSA) is 316 Å². The van der Waals surface area contributed by atoms with Crippen LogP contribution >= 0.6 is 0 Å². The van der Waals surface area contributed by atoms with Gasteiger partial charge in [0.2, 0.25) is 17.7 Å². The van der Waals surface area contributed by atoms with Crippen LogP contribution in [0.25, 0.3) is 0 Å². The molecule has 17 nitrogen and oxygen atoms in total. The minimum atomic E-state index is -1.77. The average molecular weight is 533 g/mol. The lowest BCUT2D eigenvalue weighted by Gasteiger charge is -2.24. The van der Waals surface area contributed by atoms with Crippen molar-refractivity contribution in [3.8, 4) is 0 Å². The number of carbonyl (C=O) groups excluding carboxylic acids is 3. The number of unbranched alkanes of at least 4 members (excludes halogenated alkanes) is 1. The number of carbonyl (C=O) groups is 6. The number of aliphatic carboxylic acids is 3. The van der Waals surface area contributed by atoms with Crippen molar-refractivity contribution in [2.75, 3.05) is 13.1 Å². The van der Waals surface area contributed by atoms with Crippen molar-refractivity contribution in [1.29, 1.82) is 0 Å². The van der Waals surface area contributed by atoms with Crippen LogP contribution < -0.4 is 38.9 Å². The zero-order chi connectivity index (χ0) is 28.5. The Bertz CT molecular complexity index is 848. The minimum Gasteiger partial charge on any atom is -0.481 e. The fourth-order valence-electron chi connectivity index (χ4n) is 2.99. The lowest BCUT2D eigenvalue weighted by atomic mass is 10.1. The van der Waals surface area contributed by atoms with Crippen LogP contribution in [0.15, 0.2) is 4.99 Å². The highest BCUT2D eigenvalue weighted by Crippen LogP contribution is 2.06. The number of amides is 3. The molecule has 0 saturated carbocycles. The molecule has 17 heteroatoms. The maximum atomic E-state index is 12.8. The molecule has 0 aromatic heterocycles. The van der Waals surface area contributed by atoms with Crippen LogP contribution in [0.2, 0.25) is 0 Å². The molecule has 0 aromatic carbocycles. The van der Waals surface area contributed by atoms with Crippen LogP contribution in [0.5, 0.6) is 0 Å². The molecule has 0 aromatic rings. The van der Waals surface area contributed by atoms with Crippen molar-refractivity contribution in [1.82, 2.24) is 16.0 Å². The molecule has 14 N–H and O–H groups in total. The van der Waals surface area contributed by atoms with Gasteiger partial charge >= 0.3 is 17.9 Å². The normalized spacial score (nSPS) is 13.8. The van der Waals surface area contributed by atoms with Crippen molar-refractivity contribution in [2.24, 2.45) is 27.9 Å². The van der Waals surface area contributed by atoms with E-state index in [1.165, 1.54) is 0 Å². The molecule has 4 unspecified atom stereocenters. The number of carboxylic acids is 3. The predicted molar refractivity (Wildman–Crippen MR) is 129 cm³/mol. The number of hydrogen-bond donors (Lipinski definition) is 10. The second-order valence-corrected chi connectivity index (χ2v) is 8.06. The van der Waals surface area contributed by atoms with Crippen molar-refractivity contribution >= 4 is 41.6 Å². The molecule has 0 fully saturated rings. The van der Waals surface area contributed by atoms with E-state index in [0.29, 0.717) is 19.3 Å². The summed E-state index contributed by atoms with van der Waals surface area (Å²) in [6, 6.07) is -5.87. The number of nitrogens with two attached hydrogens (primary N) is 4. The van der Waals surface area contributed by atoms with E-state index in [9.17, 15) is 33.9 Å². The van der Waals surface area contributed by atoms with Gasteiger partial charge in [-0.3, -0.25) is 29.0 Å². The maximum Gasteiger partial charge on any atom is 0.326 e. The monoisotopic (exact) mass is 532 g/mol. The number of rotatable bonds is 19. The summed E-state index contributed by atoms with van der Waals surface area (Å²) in [6.45, 7) is 0.457. The van der Waals surface area contributed by atoms with Gasteiger partial charge in [-0.05, 0) is 38.6 Å². The SMILES string of the molecule is NCCCCC(NC(=O)C(CC(=O)O)NC(=O)C(N)CCCN=C(N)N)C(=O)NC(CC(=O)O)C(=O)O. The van der Waals surface area contributed by atoms with E-state index in [1.807, 2.05) is 5.32 Å². The Labute approximate surface area is 212 Å². The highest BCUT2D eigenvalue weighted by atomic mass is 16.4. The molecule has 0 rings (SSSR count). The van der Waals surface area contributed by atoms with E-state index in [0.717, 1.165) is 0 Å². The molecule has 0 aliphatic carbocycles. The van der Waals surface area contributed by atoms with Crippen molar-refractivity contribution < 1.29 is 44.1 Å². The van der Waals surface area contributed by atoms with Crippen LogP contribution in [0.1, 0.15) is 44.9 Å². The summed E-state index contributed by atoms with van der Waals surface area (Å²) in [5, 5.41) is 33.8. The van der Waals surface area contributed by atoms with Gasteiger partial charge in [0, 0.05) is 6.54 Å². The van der Waals surface area contributed by atoms with Crippen molar-refractivity contribution in [3.63, 3.8) is 0 Å². The molecule has 0 radical (unpaired) electrons. The van der Waals surface area contributed by atoms with Crippen molar-refractivity contribution in [2.45, 2.75) is 69.1 Å². The molecule has 4 atom stereocenters. The third-order valence-electron chi connectivity index (χ3n) is 4.89. The molecule has 210 valence electrons. The molecule has 0 heterocycles. The van der Waals surface area contributed by atoms with Gasteiger partial charge in [-0.15, -0.1) is 0 Å². The fourth-order valence-corrected chi connectivity index (χ4v) is 2.99. The van der Waals surface area contributed by atoms with E-state index >= 15 is 0 Å². The Hall–Kier alpha value is -3.99. The standard InChI is InChI=1S/C20H36N8O9/c21-6-2-1-5-11(17(34)28-13(19(36)37)9-15(31)32)26-18(35)12(8-14(29)30)27-16(33)10(22)4-3-7-25-20(23)24/h10-13H,1-9,21-22H2,(H,26,35)(H,27,33)(H,28,34)(H,29,30)(H,31,32)(H,36,37)(H4,23,24,25). The van der Waals surface area contributed by atoms with Crippen LogP contribution in [0.3, 0.4) is 0 Å². The van der Waals surface area contributed by atoms with Gasteiger partial charge in [0.05, 0.1) is 18.9 Å². The summed E-state index contributed by atoms with van der Waals surface area (Å²) in [6.07, 6.45) is -0.563. The van der Waals surface area contributed by atoms with E-state index < -0.39 is 72.6 Å². The molecule has 3 amide bonds. The number of carboxylic acid groups (broad SMARTS) is 3. The Kier molecular flexibility index (Phi) is 15.6. The zero-order valence-electron chi connectivity index (χ0n) is 20.2. The fraction of sp³-hybridized carbons (Fsp3) is 0.650. The van der Waals surface area contributed by atoms with Crippen LogP contribution in [0.4, 0.5) is 0 Å². The highest BCUT2D eigenvalue weighted by molar-refractivity contribution is 5.96. The van der Waals surface area contributed by atoms with Gasteiger partial charge in [0.25, 0.3) is 0 Å². The molecule has 0 bridgehead atoms. The van der Waals surface area contributed by atoms with E-state index in [4.69, 9.17) is 33.1 Å². The number of nitrogens with zero attached hydrogens (tertiary/aromatic N) is 1. The third-order valence-corrected chi connectivity index (χ3v) is 4.89. The van der Waals surface area contributed by atoms with Gasteiger partial charge < -0.3 is 54.2 Å².